The number of ether oxygens (including phenoxy) is 1. The van der Waals surface area contributed by atoms with Crippen molar-refractivity contribution >= 4 is 11.9 Å². The maximum Gasteiger partial charge on any atom is 0.315 e. The van der Waals surface area contributed by atoms with Crippen LogP contribution in [0.15, 0.2) is 0 Å². The van der Waals surface area contributed by atoms with Gasteiger partial charge in [0.1, 0.15) is 5.92 Å². The second kappa shape index (κ2) is 5.06. The lowest BCUT2D eigenvalue weighted by Gasteiger charge is -2.26. The summed E-state index contributed by atoms with van der Waals surface area (Å²) in [7, 11) is 0. The molecule has 6 heteroatoms. The molecular formula is C13H21F2NO3. The van der Waals surface area contributed by atoms with Crippen LogP contribution in [0.1, 0.15) is 41.0 Å². The number of rotatable bonds is 3. The summed E-state index contributed by atoms with van der Waals surface area (Å²) in [6.45, 7) is 7.60. The summed E-state index contributed by atoms with van der Waals surface area (Å²) in [5, 5.41) is 2.72. The number of halogens is 2. The van der Waals surface area contributed by atoms with Gasteiger partial charge in [0.05, 0.1) is 0 Å². The van der Waals surface area contributed by atoms with E-state index < -0.39 is 29.8 Å². The van der Waals surface area contributed by atoms with Crippen LogP contribution in [0.25, 0.3) is 0 Å². The van der Waals surface area contributed by atoms with Crippen molar-refractivity contribution in [2.45, 2.75) is 59.1 Å². The van der Waals surface area contributed by atoms with Crippen molar-refractivity contribution in [2.24, 2.45) is 11.3 Å². The van der Waals surface area contributed by atoms with E-state index in [1.165, 1.54) is 0 Å². The lowest BCUT2D eigenvalue weighted by atomic mass is 9.86. The van der Waals surface area contributed by atoms with E-state index in [1.54, 1.807) is 0 Å². The number of amides is 1. The zero-order valence-corrected chi connectivity index (χ0v) is 11.9. The first-order chi connectivity index (χ1) is 8.43. The molecule has 0 bridgehead atoms. The summed E-state index contributed by atoms with van der Waals surface area (Å²) in [4.78, 5) is 23.2. The quantitative estimate of drug-likeness (QED) is 0.804. The van der Waals surface area contributed by atoms with E-state index in [-0.39, 0.29) is 11.5 Å². The molecule has 3 atom stereocenters. The Kier molecular flexibility index (Phi) is 4.22. The summed E-state index contributed by atoms with van der Waals surface area (Å²) < 4.78 is 30.9. The Bertz CT molecular complexity index is 371. The van der Waals surface area contributed by atoms with E-state index >= 15 is 0 Å². The molecule has 3 unspecified atom stereocenters. The van der Waals surface area contributed by atoms with E-state index in [0.717, 1.165) is 6.92 Å². The fraction of sp³-hybridized carbons (Fsp3) is 0.846. The van der Waals surface area contributed by atoms with Crippen LogP contribution in [0.2, 0.25) is 0 Å². The van der Waals surface area contributed by atoms with Crippen molar-refractivity contribution in [3.63, 3.8) is 0 Å². The zero-order valence-electron chi connectivity index (χ0n) is 11.9. The number of carbonyl (C=O) groups is 2. The van der Waals surface area contributed by atoms with E-state index in [9.17, 15) is 18.4 Å². The molecule has 1 rings (SSSR count). The van der Waals surface area contributed by atoms with Gasteiger partial charge in [0.2, 0.25) is 0 Å². The van der Waals surface area contributed by atoms with Crippen LogP contribution >= 0.6 is 0 Å². The fourth-order valence-corrected chi connectivity index (χ4v) is 1.77. The third-order valence-corrected chi connectivity index (χ3v) is 3.48. The third-order valence-electron chi connectivity index (χ3n) is 3.48. The Hall–Kier alpha value is -1.20. The normalized spacial score (nSPS) is 25.9. The average molecular weight is 277 g/mol. The van der Waals surface area contributed by atoms with Crippen LogP contribution in [0, 0.1) is 11.3 Å². The average Bonchev–Trinajstić information content (AvgIpc) is 2.57. The summed E-state index contributed by atoms with van der Waals surface area (Å²) >= 11 is 0. The highest BCUT2D eigenvalue weighted by molar-refractivity contribution is 5.86. The molecule has 1 aliphatic rings. The number of hydrogen-bond acceptors (Lipinski definition) is 3. The Morgan fingerprint density at radius 2 is 1.89 bits per heavy atom. The predicted octanol–water partition coefficient (Wildman–Crippen LogP) is 2.12. The van der Waals surface area contributed by atoms with Crippen molar-refractivity contribution in [1.29, 1.82) is 0 Å². The molecule has 1 heterocycles. The van der Waals surface area contributed by atoms with Gasteiger partial charge in [-0.2, -0.15) is 0 Å². The van der Waals surface area contributed by atoms with Crippen molar-refractivity contribution in [1.82, 2.24) is 5.32 Å². The first-order valence-corrected chi connectivity index (χ1v) is 6.31. The van der Waals surface area contributed by atoms with Crippen molar-refractivity contribution in [3.05, 3.63) is 0 Å². The van der Waals surface area contributed by atoms with Crippen LogP contribution in [-0.4, -0.2) is 29.9 Å². The molecule has 0 radical (unpaired) electrons. The minimum Gasteiger partial charge on any atom is -0.452 e. The number of esters is 1. The van der Waals surface area contributed by atoms with Gasteiger partial charge in [-0.15, -0.1) is 0 Å². The molecule has 110 valence electrons. The van der Waals surface area contributed by atoms with E-state index in [1.807, 2.05) is 20.8 Å². The van der Waals surface area contributed by atoms with Crippen LogP contribution < -0.4 is 5.32 Å². The molecule has 0 spiro atoms. The lowest BCUT2D eigenvalue weighted by molar-refractivity contribution is -0.168. The molecule has 0 aliphatic carbocycles. The van der Waals surface area contributed by atoms with Gasteiger partial charge < -0.3 is 10.1 Å². The Morgan fingerprint density at radius 1 is 1.37 bits per heavy atom. The summed E-state index contributed by atoms with van der Waals surface area (Å²) in [5.41, 5.74) is -0.170. The standard InChI is InChI=1S/C13H21F2NO3/c1-7(13(5,14)15)11(18)19-8-6-9(12(2,3)4)16-10(8)17/h7-9H,6H2,1-5H3,(H,16,17). The van der Waals surface area contributed by atoms with Crippen molar-refractivity contribution in [3.8, 4) is 0 Å². The minimum atomic E-state index is -3.16. The van der Waals surface area contributed by atoms with E-state index in [4.69, 9.17) is 4.74 Å². The first-order valence-electron chi connectivity index (χ1n) is 6.31. The molecule has 1 amide bonds. The fourth-order valence-electron chi connectivity index (χ4n) is 1.77. The highest BCUT2D eigenvalue weighted by atomic mass is 19.3. The van der Waals surface area contributed by atoms with Gasteiger partial charge in [0.25, 0.3) is 11.8 Å². The van der Waals surface area contributed by atoms with Crippen LogP contribution in [-0.2, 0) is 14.3 Å². The van der Waals surface area contributed by atoms with E-state index in [2.05, 4.69) is 5.32 Å². The Balaban J connectivity index is 2.64. The summed E-state index contributed by atoms with van der Waals surface area (Å²) in [6, 6.07) is -0.129. The first kappa shape index (κ1) is 15.9. The molecule has 1 N–H and O–H groups in total. The number of nitrogens with one attached hydrogen (secondary N) is 1. The third kappa shape index (κ3) is 3.88. The van der Waals surface area contributed by atoms with E-state index in [0.29, 0.717) is 13.3 Å². The van der Waals surface area contributed by atoms with Gasteiger partial charge in [0, 0.05) is 19.4 Å². The molecule has 1 fully saturated rings. The highest BCUT2D eigenvalue weighted by Gasteiger charge is 2.43. The number of alkyl halides is 2. The van der Waals surface area contributed by atoms with Crippen LogP contribution in [0.4, 0.5) is 8.78 Å². The zero-order chi connectivity index (χ0) is 15.0. The maximum absolute atomic E-state index is 13.0. The lowest BCUT2D eigenvalue weighted by Crippen LogP contribution is -2.37. The largest absolute Gasteiger partial charge is 0.452 e. The van der Waals surface area contributed by atoms with Crippen molar-refractivity contribution < 1.29 is 23.1 Å². The molecule has 19 heavy (non-hydrogen) atoms. The maximum atomic E-state index is 13.0. The molecule has 0 aromatic heterocycles. The second-order valence-corrected chi connectivity index (χ2v) is 6.27. The van der Waals surface area contributed by atoms with Gasteiger partial charge in [-0.25, -0.2) is 8.78 Å². The molecule has 4 nitrogen and oxygen atoms in total. The SMILES string of the molecule is CC(C(=O)OC1CC(C(C)(C)C)NC1=O)C(C)(F)F. The molecule has 1 aliphatic heterocycles. The van der Waals surface area contributed by atoms with Gasteiger partial charge in [-0.1, -0.05) is 20.8 Å². The smallest absolute Gasteiger partial charge is 0.315 e. The number of hydrogen-bond donors (Lipinski definition) is 1. The minimum absolute atomic E-state index is 0.129. The Labute approximate surface area is 111 Å². The monoisotopic (exact) mass is 277 g/mol. The van der Waals surface area contributed by atoms with Gasteiger partial charge in [-0.05, 0) is 12.3 Å². The van der Waals surface area contributed by atoms with Gasteiger partial charge in [0.15, 0.2) is 6.10 Å². The molecule has 0 saturated carbocycles. The van der Waals surface area contributed by atoms with Gasteiger partial charge >= 0.3 is 5.97 Å². The molecule has 0 aromatic carbocycles. The predicted molar refractivity (Wildman–Crippen MR) is 65.7 cm³/mol. The molecule has 1 saturated heterocycles. The Morgan fingerprint density at radius 3 is 2.26 bits per heavy atom. The second-order valence-electron chi connectivity index (χ2n) is 6.27. The van der Waals surface area contributed by atoms with Gasteiger partial charge in [-0.3, -0.25) is 9.59 Å². The highest BCUT2D eigenvalue weighted by Crippen LogP contribution is 2.30. The topological polar surface area (TPSA) is 55.4 Å². The summed E-state index contributed by atoms with van der Waals surface area (Å²) in [5.74, 6) is -6.17. The van der Waals surface area contributed by atoms with Crippen molar-refractivity contribution in [2.75, 3.05) is 0 Å². The van der Waals surface area contributed by atoms with Crippen LogP contribution in [0.5, 0.6) is 0 Å². The molecular weight excluding hydrogens is 256 g/mol. The number of carbonyl (C=O) groups excluding carboxylic acids is 2. The summed E-state index contributed by atoms with van der Waals surface area (Å²) in [6.07, 6.45) is -0.655. The molecule has 0 aromatic rings. The van der Waals surface area contributed by atoms with Crippen LogP contribution in [0.3, 0.4) is 0 Å².